The van der Waals surface area contributed by atoms with Crippen molar-refractivity contribution in [3.63, 3.8) is 0 Å². The number of hydrogen-bond acceptors (Lipinski definition) is 3. The summed E-state index contributed by atoms with van der Waals surface area (Å²) in [6.45, 7) is 1.46. The lowest BCUT2D eigenvalue weighted by Crippen LogP contribution is -2.05. The van der Waals surface area contributed by atoms with Crippen LogP contribution in [-0.2, 0) is 22.6 Å². The van der Waals surface area contributed by atoms with Gasteiger partial charge < -0.3 is 5.11 Å². The highest BCUT2D eigenvalue weighted by Gasteiger charge is 2.05. The Bertz CT molecular complexity index is 365. The highest BCUT2D eigenvalue weighted by atomic mass is 16.3. The Kier molecular flexibility index (Phi) is 4.86. The van der Waals surface area contributed by atoms with Gasteiger partial charge in [-0.2, -0.15) is 0 Å². The third-order valence-electron chi connectivity index (χ3n) is 2.34. The van der Waals surface area contributed by atoms with Crippen LogP contribution in [0.1, 0.15) is 30.9 Å². The van der Waals surface area contributed by atoms with Crippen molar-refractivity contribution in [3.8, 4) is 0 Å². The van der Waals surface area contributed by atoms with Crippen LogP contribution in [0.4, 0.5) is 0 Å². The molecule has 0 bridgehead atoms. The largest absolute Gasteiger partial charge is 0.392 e. The molecule has 0 spiro atoms. The average molecular weight is 220 g/mol. The predicted molar refractivity (Wildman–Crippen MR) is 61.0 cm³/mol. The first-order valence-corrected chi connectivity index (χ1v) is 5.31. The van der Waals surface area contributed by atoms with Crippen LogP contribution in [0.15, 0.2) is 24.3 Å². The van der Waals surface area contributed by atoms with Gasteiger partial charge in [-0.25, -0.2) is 0 Å². The van der Waals surface area contributed by atoms with Crippen LogP contribution in [0.5, 0.6) is 0 Å². The van der Waals surface area contributed by atoms with Crippen molar-refractivity contribution in [2.75, 3.05) is 0 Å². The number of aryl methyl sites for hydroxylation is 1. The lowest BCUT2D eigenvalue weighted by Gasteiger charge is -2.01. The summed E-state index contributed by atoms with van der Waals surface area (Å²) >= 11 is 0. The summed E-state index contributed by atoms with van der Waals surface area (Å²) < 4.78 is 0. The second-order valence-corrected chi connectivity index (χ2v) is 3.89. The Labute approximate surface area is 95.1 Å². The summed E-state index contributed by atoms with van der Waals surface area (Å²) in [5.41, 5.74) is 1.91. The zero-order valence-corrected chi connectivity index (χ0v) is 9.40. The maximum absolute atomic E-state index is 11.3. The molecule has 0 aliphatic heterocycles. The van der Waals surface area contributed by atoms with E-state index in [1.165, 1.54) is 6.92 Å². The number of hydrogen-bond donors (Lipinski definition) is 1. The van der Waals surface area contributed by atoms with Gasteiger partial charge in [0.05, 0.1) is 13.0 Å². The summed E-state index contributed by atoms with van der Waals surface area (Å²) in [6.07, 6.45) is 1.09. The molecule has 3 heteroatoms. The molecule has 1 rings (SSSR count). The van der Waals surface area contributed by atoms with Gasteiger partial charge >= 0.3 is 0 Å². The van der Waals surface area contributed by atoms with Gasteiger partial charge in [0.25, 0.3) is 0 Å². The van der Waals surface area contributed by atoms with Crippen molar-refractivity contribution in [1.82, 2.24) is 0 Å². The molecule has 0 aliphatic rings. The molecule has 0 aliphatic carbocycles. The van der Waals surface area contributed by atoms with E-state index in [0.717, 1.165) is 11.1 Å². The third-order valence-corrected chi connectivity index (χ3v) is 2.34. The van der Waals surface area contributed by atoms with Crippen LogP contribution in [0.3, 0.4) is 0 Å². The van der Waals surface area contributed by atoms with Gasteiger partial charge in [-0.15, -0.1) is 0 Å². The Hall–Kier alpha value is -1.48. The molecule has 1 aromatic carbocycles. The molecule has 0 amide bonds. The van der Waals surface area contributed by atoms with E-state index in [2.05, 4.69) is 0 Å². The molecule has 0 saturated heterocycles. The number of aliphatic hydroxyl groups excluding tert-OH is 1. The van der Waals surface area contributed by atoms with Crippen LogP contribution < -0.4 is 0 Å². The minimum atomic E-state index is -0.0828. The normalized spacial score (nSPS) is 10.1. The van der Waals surface area contributed by atoms with Crippen LogP contribution >= 0.6 is 0 Å². The van der Waals surface area contributed by atoms with E-state index < -0.39 is 0 Å². The number of benzene rings is 1. The fourth-order valence-corrected chi connectivity index (χ4v) is 1.46. The zero-order chi connectivity index (χ0) is 12.0. The zero-order valence-electron chi connectivity index (χ0n) is 9.40. The van der Waals surface area contributed by atoms with E-state index in [4.69, 9.17) is 5.11 Å². The molecule has 0 aromatic heterocycles. The van der Waals surface area contributed by atoms with Gasteiger partial charge in [0.2, 0.25) is 0 Å². The molecular weight excluding hydrogens is 204 g/mol. The molecule has 0 unspecified atom stereocenters. The second kappa shape index (κ2) is 6.18. The monoisotopic (exact) mass is 220 g/mol. The summed E-state index contributed by atoms with van der Waals surface area (Å²) in [7, 11) is 0. The van der Waals surface area contributed by atoms with Gasteiger partial charge in [-0.1, -0.05) is 24.3 Å². The van der Waals surface area contributed by atoms with Gasteiger partial charge in [0.15, 0.2) is 0 Å². The molecule has 0 heterocycles. The fourth-order valence-electron chi connectivity index (χ4n) is 1.46. The van der Waals surface area contributed by atoms with Gasteiger partial charge in [0, 0.05) is 6.42 Å². The SMILES string of the molecule is CC(=O)CC(=O)CCc1ccc(CO)cc1. The van der Waals surface area contributed by atoms with Crippen molar-refractivity contribution in [1.29, 1.82) is 0 Å². The molecular formula is C13H16O3. The molecule has 0 atom stereocenters. The van der Waals surface area contributed by atoms with Crippen molar-refractivity contribution in [2.45, 2.75) is 32.8 Å². The standard InChI is InChI=1S/C13H16O3/c1-10(15)8-13(16)7-6-11-2-4-12(9-14)5-3-11/h2-5,14H,6-9H2,1H3. The smallest absolute Gasteiger partial charge is 0.140 e. The van der Waals surface area contributed by atoms with Crippen molar-refractivity contribution < 1.29 is 14.7 Å². The third kappa shape index (κ3) is 4.36. The number of aliphatic hydroxyl groups is 1. The predicted octanol–water partition coefficient (Wildman–Crippen LogP) is 1.66. The summed E-state index contributed by atoms with van der Waals surface area (Å²) in [4.78, 5) is 22.0. The summed E-state index contributed by atoms with van der Waals surface area (Å²) in [6, 6.07) is 7.47. The van der Waals surface area contributed by atoms with Crippen molar-refractivity contribution in [3.05, 3.63) is 35.4 Å². The van der Waals surface area contributed by atoms with Gasteiger partial charge in [0.1, 0.15) is 11.6 Å². The molecule has 86 valence electrons. The highest BCUT2D eigenvalue weighted by molar-refractivity contribution is 5.97. The Morgan fingerprint density at radius 2 is 1.69 bits per heavy atom. The summed E-state index contributed by atoms with van der Waals surface area (Å²) in [5.74, 6) is -0.0978. The molecule has 16 heavy (non-hydrogen) atoms. The molecule has 0 fully saturated rings. The van der Waals surface area contributed by atoms with E-state index >= 15 is 0 Å². The Balaban J connectivity index is 2.42. The molecule has 0 radical (unpaired) electrons. The maximum Gasteiger partial charge on any atom is 0.140 e. The van der Waals surface area contributed by atoms with Crippen LogP contribution in [0.2, 0.25) is 0 Å². The van der Waals surface area contributed by atoms with Crippen molar-refractivity contribution >= 4 is 11.6 Å². The van der Waals surface area contributed by atoms with Crippen LogP contribution in [-0.4, -0.2) is 16.7 Å². The summed E-state index contributed by atoms with van der Waals surface area (Å²) in [5, 5.41) is 8.85. The number of rotatable bonds is 6. The van der Waals surface area contributed by atoms with E-state index in [9.17, 15) is 9.59 Å². The molecule has 0 saturated carbocycles. The molecule has 3 nitrogen and oxygen atoms in total. The Morgan fingerprint density at radius 3 is 2.19 bits per heavy atom. The minimum absolute atomic E-state index is 0.0151. The van der Waals surface area contributed by atoms with E-state index in [0.29, 0.717) is 12.8 Å². The first-order chi connectivity index (χ1) is 7.61. The van der Waals surface area contributed by atoms with Gasteiger partial charge in [-0.3, -0.25) is 9.59 Å². The average Bonchev–Trinajstić information content (AvgIpc) is 2.26. The van der Waals surface area contributed by atoms with E-state index in [-0.39, 0.29) is 24.6 Å². The number of carbonyl (C=O) groups is 2. The maximum atomic E-state index is 11.3. The lowest BCUT2D eigenvalue weighted by molar-refractivity contribution is -0.125. The number of ketones is 2. The number of Topliss-reactive ketones (excluding diaryl/α,β-unsaturated/α-hetero) is 2. The first-order valence-electron chi connectivity index (χ1n) is 5.31. The van der Waals surface area contributed by atoms with Crippen LogP contribution in [0.25, 0.3) is 0 Å². The Morgan fingerprint density at radius 1 is 1.12 bits per heavy atom. The first kappa shape index (κ1) is 12.6. The molecule has 1 N–H and O–H groups in total. The molecule has 1 aromatic rings. The van der Waals surface area contributed by atoms with E-state index in [1.54, 1.807) is 0 Å². The van der Waals surface area contributed by atoms with Crippen LogP contribution in [0, 0.1) is 0 Å². The minimum Gasteiger partial charge on any atom is -0.392 e. The van der Waals surface area contributed by atoms with E-state index in [1.807, 2.05) is 24.3 Å². The van der Waals surface area contributed by atoms with Gasteiger partial charge in [-0.05, 0) is 24.5 Å². The highest BCUT2D eigenvalue weighted by Crippen LogP contribution is 2.07. The fraction of sp³-hybridized carbons (Fsp3) is 0.385. The van der Waals surface area contributed by atoms with Crippen molar-refractivity contribution in [2.24, 2.45) is 0 Å². The second-order valence-electron chi connectivity index (χ2n) is 3.89. The number of carbonyl (C=O) groups excluding carboxylic acids is 2. The lowest BCUT2D eigenvalue weighted by atomic mass is 10.0. The topological polar surface area (TPSA) is 54.4 Å². The quantitative estimate of drug-likeness (QED) is 0.742.